The zero-order valence-corrected chi connectivity index (χ0v) is 10.3. The number of rotatable bonds is 1. The lowest BCUT2D eigenvalue weighted by Crippen LogP contribution is -1.84. The first-order valence-electron chi connectivity index (χ1n) is 4.09. The average Bonchev–Trinajstić information content (AvgIpc) is 2.15. The van der Waals surface area contributed by atoms with Gasteiger partial charge in [0, 0.05) is 15.6 Å². The molecule has 0 spiro atoms. The number of hydrogen-bond acceptors (Lipinski definition) is 1. The largest absolute Gasteiger partial charge is 0.193 e. The molecule has 72 valence electrons. The number of aryl methyl sites for hydroxylation is 1. The fourth-order valence-electron chi connectivity index (χ4n) is 1.05. The van der Waals surface area contributed by atoms with E-state index in [2.05, 4.69) is 15.9 Å². The minimum atomic E-state index is 0.499. The Morgan fingerprint density at radius 3 is 2.64 bits per heavy atom. The standard InChI is InChI=1S/C11H9BrClN/c1-7-3-4-9(10(12)5-7)11(13)8(2)6-14/h3-5H,1-2H3/b11-8-. The van der Waals surface area contributed by atoms with E-state index in [1.54, 1.807) is 6.92 Å². The summed E-state index contributed by atoms with van der Waals surface area (Å²) in [7, 11) is 0. The van der Waals surface area contributed by atoms with E-state index in [4.69, 9.17) is 16.9 Å². The van der Waals surface area contributed by atoms with Crippen molar-refractivity contribution in [2.75, 3.05) is 0 Å². The Morgan fingerprint density at radius 1 is 1.50 bits per heavy atom. The van der Waals surface area contributed by atoms with Crippen LogP contribution in [-0.4, -0.2) is 0 Å². The lowest BCUT2D eigenvalue weighted by Gasteiger charge is -2.04. The maximum absolute atomic E-state index is 8.70. The van der Waals surface area contributed by atoms with Crippen LogP contribution < -0.4 is 0 Å². The van der Waals surface area contributed by atoms with E-state index >= 15 is 0 Å². The van der Waals surface area contributed by atoms with Gasteiger partial charge >= 0.3 is 0 Å². The second-order valence-corrected chi connectivity index (χ2v) is 4.27. The predicted octanol–water partition coefficient (Wildman–Crippen LogP) is 4.25. The zero-order valence-electron chi connectivity index (χ0n) is 7.94. The Hall–Kier alpha value is -0.780. The summed E-state index contributed by atoms with van der Waals surface area (Å²) in [6.45, 7) is 3.71. The van der Waals surface area contributed by atoms with Gasteiger partial charge in [0.2, 0.25) is 0 Å². The van der Waals surface area contributed by atoms with Gasteiger partial charge in [0.05, 0.1) is 11.1 Å². The Kier molecular flexibility index (Phi) is 3.74. The van der Waals surface area contributed by atoms with Crippen LogP contribution in [-0.2, 0) is 0 Å². The van der Waals surface area contributed by atoms with Gasteiger partial charge in [-0.1, -0.05) is 39.7 Å². The maximum atomic E-state index is 8.70. The number of benzene rings is 1. The van der Waals surface area contributed by atoms with Gasteiger partial charge in [0.1, 0.15) is 0 Å². The summed E-state index contributed by atoms with van der Waals surface area (Å²) >= 11 is 9.46. The first kappa shape index (κ1) is 11.3. The number of allylic oxidation sites excluding steroid dienone is 1. The molecule has 0 fully saturated rings. The van der Waals surface area contributed by atoms with Crippen molar-refractivity contribution < 1.29 is 0 Å². The van der Waals surface area contributed by atoms with E-state index in [0.717, 1.165) is 15.6 Å². The molecule has 1 nitrogen and oxygen atoms in total. The van der Waals surface area contributed by atoms with Crippen molar-refractivity contribution >= 4 is 32.6 Å². The third-order valence-corrected chi connectivity index (χ3v) is 3.00. The second kappa shape index (κ2) is 4.63. The molecule has 1 aromatic rings. The third kappa shape index (κ3) is 2.37. The van der Waals surface area contributed by atoms with Crippen LogP contribution in [0.2, 0.25) is 0 Å². The molecule has 14 heavy (non-hydrogen) atoms. The van der Waals surface area contributed by atoms with Crippen molar-refractivity contribution in [1.82, 2.24) is 0 Å². The van der Waals surface area contributed by atoms with Crippen molar-refractivity contribution in [2.24, 2.45) is 0 Å². The van der Waals surface area contributed by atoms with Crippen LogP contribution in [0, 0.1) is 18.3 Å². The van der Waals surface area contributed by atoms with E-state index in [-0.39, 0.29) is 0 Å². The predicted molar refractivity (Wildman–Crippen MR) is 62.9 cm³/mol. The molecule has 0 atom stereocenters. The molecule has 0 radical (unpaired) electrons. The van der Waals surface area contributed by atoms with Crippen molar-refractivity contribution in [3.05, 3.63) is 39.4 Å². The molecule has 0 saturated carbocycles. The maximum Gasteiger partial charge on any atom is 0.0959 e. The number of nitriles is 1. The Bertz CT molecular complexity index is 429. The summed E-state index contributed by atoms with van der Waals surface area (Å²) in [4.78, 5) is 0. The summed E-state index contributed by atoms with van der Waals surface area (Å²) in [5, 5.41) is 9.20. The first-order valence-corrected chi connectivity index (χ1v) is 5.26. The average molecular weight is 271 g/mol. The Labute approximate surface area is 97.1 Å². The molecule has 0 saturated heterocycles. The van der Waals surface area contributed by atoms with Gasteiger partial charge < -0.3 is 0 Å². The van der Waals surface area contributed by atoms with Crippen molar-refractivity contribution in [1.29, 1.82) is 5.26 Å². The molecule has 1 aromatic carbocycles. The van der Waals surface area contributed by atoms with E-state index in [1.165, 1.54) is 0 Å². The van der Waals surface area contributed by atoms with E-state index < -0.39 is 0 Å². The number of halogens is 2. The fraction of sp³-hybridized carbons (Fsp3) is 0.182. The molecule has 0 bridgehead atoms. The summed E-state index contributed by atoms with van der Waals surface area (Å²) in [5.41, 5.74) is 2.53. The normalized spacial score (nSPS) is 11.9. The van der Waals surface area contributed by atoms with Crippen LogP contribution in [0.25, 0.3) is 5.03 Å². The fourth-order valence-corrected chi connectivity index (χ4v) is 2.06. The second-order valence-electron chi connectivity index (χ2n) is 3.03. The van der Waals surface area contributed by atoms with Gasteiger partial charge in [0.25, 0.3) is 0 Å². The van der Waals surface area contributed by atoms with E-state index in [0.29, 0.717) is 10.6 Å². The smallest absolute Gasteiger partial charge is 0.0959 e. The Balaban J connectivity index is 3.29. The Morgan fingerprint density at radius 2 is 2.14 bits per heavy atom. The summed E-state index contributed by atoms with van der Waals surface area (Å²) < 4.78 is 0.914. The minimum Gasteiger partial charge on any atom is -0.193 e. The first-order chi connectivity index (χ1) is 6.56. The van der Waals surface area contributed by atoms with Gasteiger partial charge in [-0.3, -0.25) is 0 Å². The molecule has 0 N–H and O–H groups in total. The zero-order chi connectivity index (χ0) is 10.7. The molecule has 0 unspecified atom stereocenters. The van der Waals surface area contributed by atoms with E-state index in [1.807, 2.05) is 31.2 Å². The lowest BCUT2D eigenvalue weighted by atomic mass is 10.1. The number of nitrogens with zero attached hydrogens (tertiary/aromatic N) is 1. The van der Waals surface area contributed by atoms with Crippen LogP contribution in [0.15, 0.2) is 28.2 Å². The van der Waals surface area contributed by atoms with Gasteiger partial charge in [0.15, 0.2) is 0 Å². The highest BCUT2D eigenvalue weighted by atomic mass is 79.9. The SMILES string of the molecule is C/C(C#N)=C(/Cl)c1ccc(C)cc1Br. The van der Waals surface area contributed by atoms with Crippen LogP contribution in [0.5, 0.6) is 0 Å². The quantitative estimate of drug-likeness (QED) is 0.700. The molecular formula is C11H9BrClN. The van der Waals surface area contributed by atoms with Crippen molar-refractivity contribution in [3.63, 3.8) is 0 Å². The topological polar surface area (TPSA) is 23.8 Å². The molecule has 0 aliphatic heterocycles. The molecule has 0 aliphatic carbocycles. The summed E-state index contributed by atoms with van der Waals surface area (Å²) in [6.07, 6.45) is 0. The molecule has 0 aliphatic rings. The molecule has 3 heteroatoms. The summed E-state index contributed by atoms with van der Waals surface area (Å²) in [5.74, 6) is 0. The minimum absolute atomic E-state index is 0.499. The number of hydrogen-bond donors (Lipinski definition) is 0. The highest BCUT2D eigenvalue weighted by Gasteiger charge is 2.06. The van der Waals surface area contributed by atoms with Gasteiger partial charge in [-0.05, 0) is 25.5 Å². The van der Waals surface area contributed by atoms with Gasteiger partial charge in [-0.2, -0.15) is 5.26 Å². The van der Waals surface area contributed by atoms with Crippen LogP contribution in [0.1, 0.15) is 18.1 Å². The van der Waals surface area contributed by atoms with Crippen molar-refractivity contribution in [3.8, 4) is 6.07 Å². The summed E-state index contributed by atoms with van der Waals surface area (Å²) in [6, 6.07) is 7.88. The third-order valence-electron chi connectivity index (χ3n) is 1.86. The van der Waals surface area contributed by atoms with Crippen LogP contribution in [0.4, 0.5) is 0 Å². The van der Waals surface area contributed by atoms with Gasteiger partial charge in [-0.15, -0.1) is 0 Å². The van der Waals surface area contributed by atoms with Crippen LogP contribution in [0.3, 0.4) is 0 Å². The highest BCUT2D eigenvalue weighted by molar-refractivity contribution is 9.10. The van der Waals surface area contributed by atoms with Crippen molar-refractivity contribution in [2.45, 2.75) is 13.8 Å². The lowest BCUT2D eigenvalue weighted by molar-refractivity contribution is 1.41. The monoisotopic (exact) mass is 269 g/mol. The molecule has 0 aromatic heterocycles. The molecule has 1 rings (SSSR count). The highest BCUT2D eigenvalue weighted by Crippen LogP contribution is 2.30. The van der Waals surface area contributed by atoms with E-state index in [9.17, 15) is 0 Å². The van der Waals surface area contributed by atoms with Crippen LogP contribution >= 0.6 is 27.5 Å². The molecule has 0 amide bonds. The molecule has 0 heterocycles. The van der Waals surface area contributed by atoms with Gasteiger partial charge in [-0.25, -0.2) is 0 Å². The molecular weight excluding hydrogens is 261 g/mol.